The van der Waals surface area contributed by atoms with Crippen LogP contribution in [0.5, 0.6) is 0 Å². The van der Waals surface area contributed by atoms with Gasteiger partial charge in [-0.15, -0.1) is 0 Å². The van der Waals surface area contributed by atoms with Gasteiger partial charge in [-0.1, -0.05) is 0 Å². The maximum absolute atomic E-state index is 12.6. The van der Waals surface area contributed by atoms with E-state index in [0.717, 1.165) is 6.92 Å². The molecule has 1 aliphatic rings. The van der Waals surface area contributed by atoms with Crippen LogP contribution in [0, 0.1) is 0 Å². The number of hydrogen-bond acceptors (Lipinski definition) is 4. The SMILES string of the molecule is C[I-]C(C)(C(=O)OC(C)CC(O)(C(F)(F)F)C(F)(F)F)C1N[I-]1. The number of ether oxygens (including phenoxy) is 1. The van der Waals surface area contributed by atoms with Gasteiger partial charge in [-0.05, 0) is 0 Å². The van der Waals surface area contributed by atoms with Crippen molar-refractivity contribution in [2.24, 2.45) is 0 Å². The molecule has 1 aliphatic heterocycles. The topological polar surface area (TPSA) is 68.5 Å². The van der Waals surface area contributed by atoms with Crippen molar-refractivity contribution >= 4 is 5.97 Å². The van der Waals surface area contributed by atoms with Crippen LogP contribution in [0.15, 0.2) is 0 Å². The molecule has 1 saturated heterocycles. The third-order valence-corrected chi connectivity index (χ3v) is 10.3. The molecule has 0 amide bonds. The monoisotopic (exact) mass is 577 g/mol. The summed E-state index contributed by atoms with van der Waals surface area (Å²) in [5.41, 5.74) is -4.91. The Hall–Kier alpha value is 0.430. The molecule has 0 radical (unpaired) electrons. The molecule has 1 fully saturated rings. The van der Waals surface area contributed by atoms with Gasteiger partial charge in [0.25, 0.3) is 0 Å². The molecule has 0 aromatic heterocycles. The second-order valence-electron chi connectivity index (χ2n) is 5.12. The summed E-state index contributed by atoms with van der Waals surface area (Å²) in [6, 6.07) is 0. The van der Waals surface area contributed by atoms with Crippen molar-refractivity contribution in [1.82, 2.24) is 3.53 Å². The average Bonchev–Trinajstić information content (AvgIpc) is 3.19. The van der Waals surface area contributed by atoms with E-state index < -0.39 is 61.1 Å². The summed E-state index contributed by atoms with van der Waals surface area (Å²) in [4.78, 5) is 13.9. The molecule has 0 saturated carbocycles. The number of aliphatic hydroxyl groups is 1. The van der Waals surface area contributed by atoms with E-state index >= 15 is 0 Å². The number of esters is 1. The molecule has 0 aromatic rings. The Labute approximate surface area is 149 Å². The van der Waals surface area contributed by atoms with Crippen molar-refractivity contribution in [3.05, 3.63) is 0 Å². The summed E-state index contributed by atoms with van der Waals surface area (Å²) in [5.74, 6) is -0.818. The van der Waals surface area contributed by atoms with Crippen molar-refractivity contribution in [2.45, 2.75) is 51.8 Å². The minimum atomic E-state index is -5.92. The van der Waals surface area contributed by atoms with E-state index in [1.807, 2.05) is 0 Å². The number of halogens is 8. The van der Waals surface area contributed by atoms with Crippen LogP contribution >= 0.6 is 0 Å². The van der Waals surface area contributed by atoms with Crippen molar-refractivity contribution < 1.29 is 83.7 Å². The van der Waals surface area contributed by atoms with Crippen LogP contribution in [0.3, 0.4) is 0 Å². The van der Waals surface area contributed by atoms with Crippen LogP contribution in [0.1, 0.15) is 20.3 Å². The van der Waals surface area contributed by atoms with Crippen LogP contribution in [0.2, 0.25) is 0 Å². The van der Waals surface area contributed by atoms with Crippen LogP contribution < -0.4 is 46.2 Å². The molecule has 23 heavy (non-hydrogen) atoms. The van der Waals surface area contributed by atoms with Gasteiger partial charge < -0.3 is 0 Å². The summed E-state index contributed by atoms with van der Waals surface area (Å²) in [6.45, 7) is 2.50. The Kier molecular flexibility index (Phi) is 6.51. The van der Waals surface area contributed by atoms with Gasteiger partial charge in [-0.2, -0.15) is 0 Å². The molecule has 0 aromatic carbocycles. The molecule has 2 N–H and O–H groups in total. The predicted octanol–water partition coefficient (Wildman–Crippen LogP) is -4.43. The van der Waals surface area contributed by atoms with Gasteiger partial charge in [-0.25, -0.2) is 0 Å². The number of carbonyl (C=O) groups is 1. The van der Waals surface area contributed by atoms with Crippen molar-refractivity contribution in [1.29, 1.82) is 0 Å². The first-order valence-corrected chi connectivity index (χ1v) is 11.7. The first-order chi connectivity index (χ1) is 10.2. The Morgan fingerprint density at radius 2 is 1.74 bits per heavy atom. The zero-order valence-corrected chi connectivity index (χ0v) is 16.5. The van der Waals surface area contributed by atoms with Crippen LogP contribution in [-0.4, -0.2) is 47.5 Å². The van der Waals surface area contributed by atoms with E-state index in [1.54, 1.807) is 11.9 Å². The summed E-state index contributed by atoms with van der Waals surface area (Å²) >= 11 is -1.07. The molecular formula is C11H15F6I2NO3-2. The first kappa shape index (κ1) is 21.5. The fraction of sp³-hybridized carbons (Fsp3) is 0.909. The average molecular weight is 577 g/mol. The molecule has 0 aliphatic carbocycles. The summed E-state index contributed by atoms with van der Waals surface area (Å²) in [6.07, 6.45) is -15.4. The van der Waals surface area contributed by atoms with Gasteiger partial charge in [0.1, 0.15) is 0 Å². The number of rotatable bonds is 6. The van der Waals surface area contributed by atoms with Crippen LogP contribution in [-0.2, 0) is 9.53 Å². The number of carbonyl (C=O) groups excluding carboxylic acids is 1. The number of alkyl halides is 9. The molecular weight excluding hydrogens is 562 g/mol. The molecule has 0 bridgehead atoms. The molecule has 140 valence electrons. The second-order valence-corrected chi connectivity index (χ2v) is 10.9. The Balaban J connectivity index is 2.85. The fourth-order valence-electron chi connectivity index (χ4n) is 1.66. The van der Waals surface area contributed by atoms with Crippen LogP contribution in [0.4, 0.5) is 26.3 Å². The fourth-order valence-corrected chi connectivity index (χ4v) is 7.54. The third-order valence-electron chi connectivity index (χ3n) is 3.31. The summed E-state index contributed by atoms with van der Waals surface area (Å²) in [5, 5.41) is 9.11. The molecule has 4 nitrogen and oxygen atoms in total. The van der Waals surface area contributed by atoms with E-state index in [0.29, 0.717) is 0 Å². The van der Waals surface area contributed by atoms with E-state index in [-0.39, 0.29) is 25.5 Å². The maximum atomic E-state index is 12.6. The zero-order chi connectivity index (χ0) is 18.3. The molecule has 3 atom stereocenters. The minimum absolute atomic E-state index is 0.0667. The van der Waals surface area contributed by atoms with E-state index in [1.165, 1.54) is 0 Å². The van der Waals surface area contributed by atoms with E-state index in [9.17, 15) is 31.1 Å². The number of hydrogen-bond donors (Lipinski definition) is 2. The Bertz CT molecular complexity index is 440. The summed E-state index contributed by atoms with van der Waals surface area (Å²) < 4.78 is 82.6. The Morgan fingerprint density at radius 3 is 2.04 bits per heavy atom. The summed E-state index contributed by atoms with van der Waals surface area (Å²) in [7, 11) is 0. The van der Waals surface area contributed by atoms with Crippen molar-refractivity contribution in [3.63, 3.8) is 0 Å². The van der Waals surface area contributed by atoms with Crippen LogP contribution in [0.25, 0.3) is 0 Å². The molecule has 0 spiro atoms. The molecule has 12 heteroatoms. The van der Waals surface area contributed by atoms with Gasteiger partial charge in [0.05, 0.1) is 0 Å². The van der Waals surface area contributed by atoms with Gasteiger partial charge in [0.2, 0.25) is 0 Å². The third kappa shape index (κ3) is 4.54. The molecule has 1 rings (SSSR count). The quantitative estimate of drug-likeness (QED) is 0.0637. The predicted molar refractivity (Wildman–Crippen MR) is 58.5 cm³/mol. The van der Waals surface area contributed by atoms with E-state index in [2.05, 4.69) is 3.53 Å². The normalized spacial score (nSPS) is 23.7. The zero-order valence-electron chi connectivity index (χ0n) is 12.1. The second kappa shape index (κ2) is 6.97. The van der Waals surface area contributed by atoms with Gasteiger partial charge in [0.15, 0.2) is 0 Å². The van der Waals surface area contributed by atoms with Crippen molar-refractivity contribution in [3.8, 4) is 0 Å². The van der Waals surface area contributed by atoms with Gasteiger partial charge >= 0.3 is 150 Å². The van der Waals surface area contributed by atoms with Gasteiger partial charge in [0, 0.05) is 0 Å². The van der Waals surface area contributed by atoms with E-state index in [4.69, 9.17) is 9.84 Å². The molecule has 1 heterocycles. The standard InChI is InChI=1S/C11H15F6I2NO3/c1-5(4-9(22,10(12,13)14)11(15,16)17)23-7(21)8(2,18-3)6-19-20-6/h5-6,20,22H,4H2,1-3H3/q-2. The first-order valence-electron chi connectivity index (χ1n) is 6.14. The van der Waals surface area contributed by atoms with Gasteiger partial charge in [-0.3, -0.25) is 0 Å². The Morgan fingerprint density at radius 1 is 1.30 bits per heavy atom. The molecule has 3 unspecified atom stereocenters. The van der Waals surface area contributed by atoms with Crippen molar-refractivity contribution in [2.75, 3.05) is 4.93 Å². The number of nitrogens with one attached hydrogen (secondary N) is 1.